The smallest absolute Gasteiger partial charge is 0.205 e. The molecule has 0 N–H and O–H groups in total. The highest BCUT2D eigenvalue weighted by Gasteiger charge is 2.35. The van der Waals surface area contributed by atoms with Crippen molar-refractivity contribution in [3.63, 3.8) is 0 Å². The molecule has 21 heavy (non-hydrogen) atoms. The monoisotopic (exact) mass is 301 g/mol. The third kappa shape index (κ3) is 2.56. The number of aromatic nitrogens is 2. The van der Waals surface area contributed by atoms with Crippen LogP contribution in [0.4, 0.5) is 5.13 Å². The topological polar surface area (TPSA) is 38.2 Å². The summed E-state index contributed by atoms with van der Waals surface area (Å²) in [5, 5.41) is 1.05. The van der Waals surface area contributed by atoms with E-state index in [1.54, 1.807) is 0 Å². The summed E-state index contributed by atoms with van der Waals surface area (Å²) in [6, 6.07) is 10.7. The van der Waals surface area contributed by atoms with Gasteiger partial charge in [0.15, 0.2) is 5.82 Å². The van der Waals surface area contributed by atoms with Gasteiger partial charge in [0.25, 0.3) is 0 Å². The first-order valence-corrected chi connectivity index (χ1v) is 8.46. The molecule has 1 aromatic heterocycles. The SMILES string of the molecule is c1ccc(-c2nsc(N3CCOC4CCCCC43)n2)cc1. The van der Waals surface area contributed by atoms with E-state index in [0.717, 1.165) is 29.7 Å². The standard InChI is InChI=1S/C16H19N3OS/c1-2-6-12(7-3-1)15-17-16(21-18-15)19-10-11-20-14-9-5-4-8-13(14)19/h1-3,6-7,13-14H,4-5,8-11H2. The quantitative estimate of drug-likeness (QED) is 0.852. The fraction of sp³-hybridized carbons (Fsp3) is 0.500. The van der Waals surface area contributed by atoms with Crippen molar-refractivity contribution in [3.05, 3.63) is 30.3 Å². The highest BCUT2D eigenvalue weighted by molar-refractivity contribution is 7.09. The summed E-state index contributed by atoms with van der Waals surface area (Å²) in [5.41, 5.74) is 1.09. The van der Waals surface area contributed by atoms with E-state index in [2.05, 4.69) is 21.4 Å². The van der Waals surface area contributed by atoms with Crippen molar-refractivity contribution >= 4 is 16.7 Å². The normalized spacial score (nSPS) is 25.6. The van der Waals surface area contributed by atoms with Gasteiger partial charge in [-0.25, -0.2) is 0 Å². The lowest BCUT2D eigenvalue weighted by atomic mass is 9.90. The molecule has 4 nitrogen and oxygen atoms in total. The zero-order valence-electron chi connectivity index (χ0n) is 11.9. The Bertz CT molecular complexity index is 599. The number of benzene rings is 1. The Morgan fingerprint density at radius 3 is 2.90 bits per heavy atom. The molecule has 2 heterocycles. The molecular formula is C16H19N3OS. The minimum atomic E-state index is 0.386. The number of hydrogen-bond donors (Lipinski definition) is 0. The van der Waals surface area contributed by atoms with Gasteiger partial charge in [-0.1, -0.05) is 43.2 Å². The predicted molar refractivity (Wildman–Crippen MR) is 84.7 cm³/mol. The third-order valence-corrected chi connectivity index (χ3v) is 5.18. The first-order chi connectivity index (χ1) is 10.4. The van der Waals surface area contributed by atoms with Crippen LogP contribution in [0, 0.1) is 0 Å². The van der Waals surface area contributed by atoms with E-state index in [9.17, 15) is 0 Å². The Kier molecular flexibility index (Phi) is 3.61. The zero-order valence-corrected chi connectivity index (χ0v) is 12.8. The van der Waals surface area contributed by atoms with Crippen LogP contribution in [0.2, 0.25) is 0 Å². The molecule has 2 aromatic rings. The van der Waals surface area contributed by atoms with Crippen LogP contribution in [0.1, 0.15) is 25.7 Å². The second kappa shape index (κ2) is 5.73. The average molecular weight is 301 g/mol. The molecule has 1 saturated heterocycles. The molecule has 2 aliphatic rings. The molecule has 4 rings (SSSR count). The predicted octanol–water partition coefficient (Wildman–Crippen LogP) is 3.35. The number of nitrogens with zero attached hydrogens (tertiary/aromatic N) is 3. The third-order valence-electron chi connectivity index (χ3n) is 4.43. The van der Waals surface area contributed by atoms with Crippen molar-refractivity contribution < 1.29 is 4.74 Å². The summed E-state index contributed by atoms with van der Waals surface area (Å²) in [5.74, 6) is 0.842. The summed E-state index contributed by atoms with van der Waals surface area (Å²) in [6.07, 6.45) is 5.37. The minimum absolute atomic E-state index is 0.386. The molecule has 1 aromatic carbocycles. The Morgan fingerprint density at radius 2 is 2.00 bits per heavy atom. The van der Waals surface area contributed by atoms with Gasteiger partial charge < -0.3 is 9.64 Å². The van der Waals surface area contributed by atoms with E-state index in [0.29, 0.717) is 12.1 Å². The van der Waals surface area contributed by atoms with Gasteiger partial charge in [0.05, 0.1) is 18.8 Å². The number of morpholine rings is 1. The van der Waals surface area contributed by atoms with E-state index >= 15 is 0 Å². The van der Waals surface area contributed by atoms with Crippen LogP contribution in [-0.4, -0.2) is 34.7 Å². The first-order valence-electron chi connectivity index (χ1n) is 7.69. The molecule has 1 saturated carbocycles. The van der Waals surface area contributed by atoms with Gasteiger partial charge in [0.2, 0.25) is 5.13 Å². The van der Waals surface area contributed by atoms with E-state index in [1.165, 1.54) is 37.2 Å². The van der Waals surface area contributed by atoms with Crippen LogP contribution in [0.25, 0.3) is 11.4 Å². The molecule has 2 fully saturated rings. The molecule has 2 atom stereocenters. The number of rotatable bonds is 2. The molecule has 110 valence electrons. The van der Waals surface area contributed by atoms with Crippen molar-refractivity contribution in [1.29, 1.82) is 0 Å². The molecule has 0 radical (unpaired) electrons. The molecule has 2 unspecified atom stereocenters. The maximum atomic E-state index is 5.94. The van der Waals surface area contributed by atoms with Crippen LogP contribution < -0.4 is 4.90 Å². The molecule has 5 heteroatoms. The van der Waals surface area contributed by atoms with Gasteiger partial charge >= 0.3 is 0 Å². The number of fused-ring (bicyclic) bond motifs is 1. The highest BCUT2D eigenvalue weighted by Crippen LogP contribution is 2.33. The average Bonchev–Trinajstić information content (AvgIpc) is 3.05. The van der Waals surface area contributed by atoms with Gasteiger partial charge in [-0.2, -0.15) is 9.36 Å². The van der Waals surface area contributed by atoms with E-state index in [4.69, 9.17) is 9.72 Å². The van der Waals surface area contributed by atoms with Crippen LogP contribution in [0.15, 0.2) is 30.3 Å². The first kappa shape index (κ1) is 13.2. The van der Waals surface area contributed by atoms with Gasteiger partial charge in [-0.15, -0.1) is 0 Å². The Labute approximate surface area is 128 Å². The molecule has 0 amide bonds. The Balaban J connectivity index is 1.60. The summed E-state index contributed by atoms with van der Waals surface area (Å²) < 4.78 is 10.5. The van der Waals surface area contributed by atoms with Crippen molar-refractivity contribution in [1.82, 2.24) is 9.36 Å². The fourth-order valence-corrected chi connectivity index (χ4v) is 4.14. The summed E-state index contributed by atoms with van der Waals surface area (Å²) in [4.78, 5) is 7.20. The van der Waals surface area contributed by atoms with Crippen molar-refractivity contribution in [2.75, 3.05) is 18.1 Å². The minimum Gasteiger partial charge on any atom is -0.374 e. The van der Waals surface area contributed by atoms with Crippen molar-refractivity contribution in [3.8, 4) is 11.4 Å². The van der Waals surface area contributed by atoms with Crippen LogP contribution in [0.5, 0.6) is 0 Å². The van der Waals surface area contributed by atoms with Crippen molar-refractivity contribution in [2.24, 2.45) is 0 Å². The van der Waals surface area contributed by atoms with E-state index < -0.39 is 0 Å². The molecule has 1 aliphatic carbocycles. The van der Waals surface area contributed by atoms with Crippen LogP contribution >= 0.6 is 11.5 Å². The molecule has 0 spiro atoms. The number of hydrogen-bond acceptors (Lipinski definition) is 5. The Hall–Kier alpha value is -1.46. The van der Waals surface area contributed by atoms with Crippen LogP contribution in [0.3, 0.4) is 0 Å². The summed E-state index contributed by atoms with van der Waals surface area (Å²) in [6.45, 7) is 1.74. The lowest BCUT2D eigenvalue weighted by Crippen LogP contribution is -2.52. The lowest BCUT2D eigenvalue weighted by molar-refractivity contribution is -0.00868. The largest absolute Gasteiger partial charge is 0.374 e. The van der Waals surface area contributed by atoms with Crippen molar-refractivity contribution in [2.45, 2.75) is 37.8 Å². The van der Waals surface area contributed by atoms with Gasteiger partial charge in [0, 0.05) is 23.6 Å². The zero-order chi connectivity index (χ0) is 14.1. The molecular weight excluding hydrogens is 282 g/mol. The number of anilines is 1. The van der Waals surface area contributed by atoms with Gasteiger partial charge in [0.1, 0.15) is 0 Å². The van der Waals surface area contributed by atoms with Gasteiger partial charge in [-0.3, -0.25) is 0 Å². The molecule has 1 aliphatic heterocycles. The highest BCUT2D eigenvalue weighted by atomic mass is 32.1. The van der Waals surface area contributed by atoms with E-state index in [1.807, 2.05) is 18.2 Å². The Morgan fingerprint density at radius 1 is 1.14 bits per heavy atom. The number of ether oxygens (including phenoxy) is 1. The summed E-state index contributed by atoms with van der Waals surface area (Å²) in [7, 11) is 0. The maximum Gasteiger partial charge on any atom is 0.205 e. The molecule has 0 bridgehead atoms. The van der Waals surface area contributed by atoms with E-state index in [-0.39, 0.29) is 0 Å². The second-order valence-corrected chi connectivity index (χ2v) is 6.45. The lowest BCUT2D eigenvalue weighted by Gasteiger charge is -2.43. The summed E-state index contributed by atoms with van der Waals surface area (Å²) >= 11 is 1.52. The fourth-order valence-electron chi connectivity index (χ4n) is 3.37. The maximum absolute atomic E-state index is 5.94. The van der Waals surface area contributed by atoms with Gasteiger partial charge in [-0.05, 0) is 12.8 Å². The van der Waals surface area contributed by atoms with Crippen LogP contribution in [-0.2, 0) is 4.74 Å². The second-order valence-electron chi connectivity index (χ2n) is 5.72.